The van der Waals surface area contributed by atoms with Crippen LogP contribution in [0.4, 0.5) is 13.2 Å². The quantitative estimate of drug-likeness (QED) is 0.765. The zero-order chi connectivity index (χ0) is 16.3. The zero-order valence-corrected chi connectivity index (χ0v) is 12.5. The second-order valence-electron chi connectivity index (χ2n) is 5.60. The maximum Gasteiger partial charge on any atom is 0.416 e. The van der Waals surface area contributed by atoms with Crippen LogP contribution in [0.3, 0.4) is 0 Å². The molecule has 0 heterocycles. The minimum absolute atomic E-state index is 0.00615. The fraction of sp³-hybridized carbons (Fsp3) is 0.533. The summed E-state index contributed by atoms with van der Waals surface area (Å²) >= 11 is 0. The summed E-state index contributed by atoms with van der Waals surface area (Å²) in [4.78, 5) is 11.6. The summed E-state index contributed by atoms with van der Waals surface area (Å²) in [6.07, 6.45) is -4.60. The Balaban J connectivity index is 2.69. The molecule has 0 saturated heterocycles. The summed E-state index contributed by atoms with van der Waals surface area (Å²) < 4.78 is 47.9. The van der Waals surface area contributed by atoms with Crippen LogP contribution in [0.1, 0.15) is 39.7 Å². The lowest BCUT2D eigenvalue weighted by Crippen LogP contribution is -2.32. The monoisotopic (exact) mass is 304 g/mol. The maximum atomic E-state index is 12.4. The summed E-state index contributed by atoms with van der Waals surface area (Å²) in [5.74, 6) is -0.146. The fourth-order valence-corrected chi connectivity index (χ4v) is 1.72. The molecule has 0 aliphatic heterocycles. The number of halogens is 3. The molecule has 0 aliphatic rings. The number of benzene rings is 1. The van der Waals surface area contributed by atoms with Crippen molar-refractivity contribution in [2.75, 3.05) is 0 Å². The molecule has 0 atom stereocenters. The number of esters is 1. The molecule has 1 aromatic rings. The first kappa shape index (κ1) is 17.3. The summed E-state index contributed by atoms with van der Waals surface area (Å²) in [5.41, 5.74) is -1.61. The largest absolute Gasteiger partial charge is 0.487 e. The Bertz CT molecular complexity index is 476. The average Bonchev–Trinajstić information content (AvgIpc) is 2.25. The van der Waals surface area contributed by atoms with Crippen molar-refractivity contribution in [1.82, 2.24) is 0 Å². The van der Waals surface area contributed by atoms with Crippen LogP contribution in [0.25, 0.3) is 0 Å². The third-order valence-electron chi connectivity index (χ3n) is 2.51. The Morgan fingerprint density at radius 1 is 1.14 bits per heavy atom. The van der Waals surface area contributed by atoms with E-state index in [4.69, 9.17) is 9.47 Å². The standard InChI is InChI=1S/C15H19F3O3/c1-10(2)20-13(19)9-14(3,4)21-12-7-5-11(6-8-12)15(16,17)18/h5-8,10H,9H2,1-4H3. The predicted molar refractivity (Wildman–Crippen MR) is 72.0 cm³/mol. The second-order valence-corrected chi connectivity index (χ2v) is 5.60. The van der Waals surface area contributed by atoms with E-state index in [0.29, 0.717) is 0 Å². The van der Waals surface area contributed by atoms with E-state index < -0.39 is 23.3 Å². The van der Waals surface area contributed by atoms with E-state index in [1.165, 1.54) is 12.1 Å². The Morgan fingerprint density at radius 2 is 1.67 bits per heavy atom. The van der Waals surface area contributed by atoms with Gasteiger partial charge in [-0.2, -0.15) is 13.2 Å². The summed E-state index contributed by atoms with van der Waals surface area (Å²) in [6, 6.07) is 4.35. The van der Waals surface area contributed by atoms with Gasteiger partial charge in [0.2, 0.25) is 0 Å². The highest BCUT2D eigenvalue weighted by Crippen LogP contribution is 2.31. The van der Waals surface area contributed by atoms with Crippen LogP contribution in [0.5, 0.6) is 5.75 Å². The maximum absolute atomic E-state index is 12.4. The van der Waals surface area contributed by atoms with Crippen LogP contribution < -0.4 is 4.74 Å². The van der Waals surface area contributed by atoms with Gasteiger partial charge in [-0.1, -0.05) is 0 Å². The summed E-state index contributed by atoms with van der Waals surface area (Å²) in [7, 11) is 0. The Labute approximate surface area is 122 Å². The number of alkyl halides is 3. The van der Waals surface area contributed by atoms with E-state index in [9.17, 15) is 18.0 Å². The number of hydrogen-bond donors (Lipinski definition) is 0. The molecule has 0 N–H and O–H groups in total. The van der Waals surface area contributed by atoms with Gasteiger partial charge in [0.25, 0.3) is 0 Å². The Kier molecular flexibility index (Phi) is 5.25. The molecule has 0 spiro atoms. The first-order valence-corrected chi connectivity index (χ1v) is 6.55. The van der Waals surface area contributed by atoms with Crippen molar-refractivity contribution in [2.24, 2.45) is 0 Å². The SMILES string of the molecule is CC(C)OC(=O)CC(C)(C)Oc1ccc(C(F)(F)F)cc1. The van der Waals surface area contributed by atoms with Crippen molar-refractivity contribution in [3.05, 3.63) is 29.8 Å². The third kappa shape index (κ3) is 6.06. The Hall–Kier alpha value is -1.72. The molecule has 0 radical (unpaired) electrons. The average molecular weight is 304 g/mol. The number of carbonyl (C=O) groups excluding carboxylic acids is 1. The van der Waals surface area contributed by atoms with Gasteiger partial charge in [0, 0.05) is 0 Å². The van der Waals surface area contributed by atoms with E-state index in [1.807, 2.05) is 0 Å². The molecule has 6 heteroatoms. The molecule has 0 amide bonds. The first-order chi connectivity index (χ1) is 9.49. The molecular formula is C15H19F3O3. The number of rotatable bonds is 5. The van der Waals surface area contributed by atoms with Gasteiger partial charge in [-0.3, -0.25) is 4.79 Å². The van der Waals surface area contributed by atoms with Crippen LogP contribution in [0, 0.1) is 0 Å². The third-order valence-corrected chi connectivity index (χ3v) is 2.51. The molecule has 21 heavy (non-hydrogen) atoms. The van der Waals surface area contributed by atoms with Crippen molar-refractivity contribution < 1.29 is 27.4 Å². The molecule has 1 aromatic carbocycles. The van der Waals surface area contributed by atoms with Crippen molar-refractivity contribution in [3.63, 3.8) is 0 Å². The van der Waals surface area contributed by atoms with E-state index in [1.54, 1.807) is 27.7 Å². The topological polar surface area (TPSA) is 35.5 Å². The van der Waals surface area contributed by atoms with Crippen LogP contribution in [-0.4, -0.2) is 17.7 Å². The van der Waals surface area contributed by atoms with E-state index >= 15 is 0 Å². The molecule has 0 bridgehead atoms. The van der Waals surface area contributed by atoms with Crippen molar-refractivity contribution in [2.45, 2.75) is 52.0 Å². The smallest absolute Gasteiger partial charge is 0.416 e. The lowest BCUT2D eigenvalue weighted by Gasteiger charge is -2.26. The van der Waals surface area contributed by atoms with Crippen molar-refractivity contribution >= 4 is 5.97 Å². The van der Waals surface area contributed by atoms with Gasteiger partial charge in [-0.05, 0) is 52.0 Å². The lowest BCUT2D eigenvalue weighted by atomic mass is 10.1. The van der Waals surface area contributed by atoms with E-state index in [2.05, 4.69) is 0 Å². The highest BCUT2D eigenvalue weighted by molar-refractivity contribution is 5.70. The number of ether oxygens (including phenoxy) is 2. The normalized spacial score (nSPS) is 12.4. The highest BCUT2D eigenvalue weighted by Gasteiger charge is 2.31. The first-order valence-electron chi connectivity index (χ1n) is 6.55. The van der Waals surface area contributed by atoms with Crippen LogP contribution in [0.2, 0.25) is 0 Å². The molecule has 0 aliphatic carbocycles. The summed E-state index contributed by atoms with van der Waals surface area (Å²) in [6.45, 7) is 6.82. The number of carbonyl (C=O) groups is 1. The number of hydrogen-bond acceptors (Lipinski definition) is 3. The van der Waals surface area contributed by atoms with Crippen molar-refractivity contribution in [3.8, 4) is 5.75 Å². The van der Waals surface area contributed by atoms with Gasteiger partial charge in [-0.15, -0.1) is 0 Å². The van der Waals surface area contributed by atoms with Gasteiger partial charge in [0.1, 0.15) is 11.4 Å². The minimum Gasteiger partial charge on any atom is -0.487 e. The molecule has 0 unspecified atom stereocenters. The van der Waals surface area contributed by atoms with Crippen molar-refractivity contribution in [1.29, 1.82) is 0 Å². The van der Waals surface area contributed by atoms with Crippen LogP contribution in [0.15, 0.2) is 24.3 Å². The molecule has 3 nitrogen and oxygen atoms in total. The predicted octanol–water partition coefficient (Wildman–Crippen LogP) is 4.20. The molecule has 0 fully saturated rings. The Morgan fingerprint density at radius 3 is 2.10 bits per heavy atom. The fourth-order valence-electron chi connectivity index (χ4n) is 1.72. The van der Waals surface area contributed by atoms with Gasteiger partial charge < -0.3 is 9.47 Å². The zero-order valence-electron chi connectivity index (χ0n) is 12.5. The summed E-state index contributed by atoms with van der Waals surface area (Å²) in [5, 5.41) is 0. The van der Waals surface area contributed by atoms with Crippen LogP contribution in [-0.2, 0) is 15.7 Å². The second kappa shape index (κ2) is 6.37. The van der Waals surface area contributed by atoms with Gasteiger partial charge in [0.15, 0.2) is 0 Å². The molecule has 118 valence electrons. The highest BCUT2D eigenvalue weighted by atomic mass is 19.4. The molecule has 1 rings (SSSR count). The van der Waals surface area contributed by atoms with E-state index in [-0.39, 0.29) is 18.3 Å². The molecule has 0 saturated carbocycles. The van der Waals surface area contributed by atoms with Gasteiger partial charge in [0.05, 0.1) is 18.1 Å². The van der Waals surface area contributed by atoms with Gasteiger partial charge >= 0.3 is 12.1 Å². The molecular weight excluding hydrogens is 285 g/mol. The van der Waals surface area contributed by atoms with Crippen LogP contribution >= 0.6 is 0 Å². The minimum atomic E-state index is -4.38. The van der Waals surface area contributed by atoms with Gasteiger partial charge in [-0.25, -0.2) is 0 Å². The van der Waals surface area contributed by atoms with E-state index in [0.717, 1.165) is 12.1 Å². The lowest BCUT2D eigenvalue weighted by molar-refractivity contribution is -0.151. The molecule has 0 aromatic heterocycles.